The van der Waals surface area contributed by atoms with E-state index in [1.165, 1.54) is 0 Å². The number of nitrogens with one attached hydrogen (secondary N) is 2. The van der Waals surface area contributed by atoms with Crippen LogP contribution in [0.15, 0.2) is 33.9 Å². The monoisotopic (exact) mass is 349 g/mol. The number of benzene rings is 1. The van der Waals surface area contributed by atoms with Crippen LogP contribution in [-0.2, 0) is 4.79 Å². The fraction of sp³-hybridized carbons (Fsp3) is 0.471. The predicted molar refractivity (Wildman–Crippen MR) is 98.7 cm³/mol. The van der Waals surface area contributed by atoms with E-state index in [-0.39, 0.29) is 5.91 Å². The fourth-order valence-corrected chi connectivity index (χ4v) is 2.95. The Morgan fingerprint density at radius 3 is 2.67 bits per heavy atom. The largest absolute Gasteiger partial charge is 0.354 e. The van der Waals surface area contributed by atoms with Crippen molar-refractivity contribution in [3.8, 4) is 0 Å². The third-order valence-electron chi connectivity index (χ3n) is 3.73. The van der Waals surface area contributed by atoms with Gasteiger partial charge in [0, 0.05) is 6.54 Å². The topological polar surface area (TPSA) is 84.0 Å². The van der Waals surface area contributed by atoms with E-state index in [4.69, 9.17) is 0 Å². The van der Waals surface area contributed by atoms with Crippen molar-refractivity contribution in [1.82, 2.24) is 14.9 Å². The van der Waals surface area contributed by atoms with Crippen LogP contribution < -0.4 is 16.6 Å². The minimum absolute atomic E-state index is 0.291. The van der Waals surface area contributed by atoms with Crippen LogP contribution in [0.3, 0.4) is 0 Å². The molecule has 130 valence electrons. The lowest BCUT2D eigenvalue weighted by atomic mass is 10.1. The third-order valence-corrected chi connectivity index (χ3v) is 4.37. The van der Waals surface area contributed by atoms with Gasteiger partial charge in [-0.15, -0.1) is 0 Å². The number of hydrogen-bond acceptors (Lipinski definition) is 4. The molecule has 1 aromatic heterocycles. The molecule has 2 rings (SSSR count). The number of amides is 1. The molecule has 7 heteroatoms. The van der Waals surface area contributed by atoms with Gasteiger partial charge in [0.25, 0.3) is 5.56 Å². The minimum Gasteiger partial charge on any atom is -0.354 e. The first-order valence-electron chi connectivity index (χ1n) is 7.96. The molecular formula is C17H23N3O3S. The van der Waals surface area contributed by atoms with E-state index in [1.54, 1.807) is 36.0 Å². The Morgan fingerprint density at radius 1 is 1.29 bits per heavy atom. The van der Waals surface area contributed by atoms with Crippen molar-refractivity contribution in [2.45, 2.75) is 26.3 Å². The maximum absolute atomic E-state index is 12.8. The molecule has 0 aliphatic heterocycles. The standard InChI is InChI=1S/C17H23N3O3S/c1-11(2)10-18-15(21)14(8-9-24-3)20-16(22)12-6-4-5-7-13(12)19-17(20)23/h4-7,11,14H,8-10H2,1-3H3,(H,18,21)(H,19,23)/t14-/m0/s1. The van der Waals surface area contributed by atoms with E-state index in [0.717, 1.165) is 4.57 Å². The lowest BCUT2D eigenvalue weighted by molar-refractivity contribution is -0.124. The molecule has 0 spiro atoms. The predicted octanol–water partition coefficient (Wildman–Crippen LogP) is 1.76. The van der Waals surface area contributed by atoms with E-state index in [2.05, 4.69) is 10.3 Å². The molecule has 0 bridgehead atoms. The first kappa shape index (κ1) is 18.3. The Kier molecular flexibility index (Phi) is 6.25. The van der Waals surface area contributed by atoms with Gasteiger partial charge in [0.1, 0.15) is 6.04 Å². The average molecular weight is 349 g/mol. The van der Waals surface area contributed by atoms with Crippen molar-refractivity contribution in [3.05, 3.63) is 45.1 Å². The summed E-state index contributed by atoms with van der Waals surface area (Å²) in [5.41, 5.74) is -0.500. The Labute approximate surface area is 144 Å². The zero-order chi connectivity index (χ0) is 17.7. The summed E-state index contributed by atoms with van der Waals surface area (Å²) >= 11 is 1.57. The number of H-pyrrole nitrogens is 1. The number of rotatable bonds is 7. The molecular weight excluding hydrogens is 326 g/mol. The minimum atomic E-state index is -0.808. The van der Waals surface area contributed by atoms with Crippen LogP contribution >= 0.6 is 11.8 Å². The summed E-state index contributed by atoms with van der Waals surface area (Å²) in [5, 5.41) is 3.24. The number of hydrogen-bond donors (Lipinski definition) is 2. The zero-order valence-corrected chi connectivity index (χ0v) is 15.0. The molecule has 0 radical (unpaired) electrons. The van der Waals surface area contributed by atoms with Gasteiger partial charge >= 0.3 is 5.69 Å². The summed E-state index contributed by atoms with van der Waals surface area (Å²) in [6, 6.07) is 6.02. The normalized spacial score (nSPS) is 12.5. The number of aromatic amines is 1. The first-order valence-corrected chi connectivity index (χ1v) is 9.35. The SMILES string of the molecule is CSCC[C@@H](C(=O)NCC(C)C)n1c(=O)[nH]c2ccccc2c1=O. The zero-order valence-electron chi connectivity index (χ0n) is 14.2. The second-order valence-corrected chi connectivity index (χ2v) is 7.07. The molecule has 1 amide bonds. The molecule has 1 atom stereocenters. The van der Waals surface area contributed by atoms with Crippen LogP contribution in [0.5, 0.6) is 0 Å². The lowest BCUT2D eigenvalue weighted by Crippen LogP contribution is -2.45. The van der Waals surface area contributed by atoms with Crippen molar-refractivity contribution >= 4 is 28.6 Å². The highest BCUT2D eigenvalue weighted by molar-refractivity contribution is 7.98. The van der Waals surface area contributed by atoms with Gasteiger partial charge in [-0.25, -0.2) is 9.36 Å². The summed E-state index contributed by atoms with van der Waals surface area (Å²) in [4.78, 5) is 40.4. The lowest BCUT2D eigenvalue weighted by Gasteiger charge is -2.19. The maximum atomic E-state index is 12.8. The smallest absolute Gasteiger partial charge is 0.329 e. The van der Waals surface area contributed by atoms with Crippen LogP contribution in [0.4, 0.5) is 0 Å². The molecule has 1 heterocycles. The molecule has 6 nitrogen and oxygen atoms in total. The van der Waals surface area contributed by atoms with Crippen LogP contribution in [0.25, 0.3) is 10.9 Å². The average Bonchev–Trinajstić information content (AvgIpc) is 2.55. The molecule has 0 saturated heterocycles. The van der Waals surface area contributed by atoms with Crippen molar-refractivity contribution in [1.29, 1.82) is 0 Å². The molecule has 1 aromatic carbocycles. The highest BCUT2D eigenvalue weighted by Gasteiger charge is 2.24. The van der Waals surface area contributed by atoms with Crippen molar-refractivity contribution in [3.63, 3.8) is 0 Å². The van der Waals surface area contributed by atoms with Gasteiger partial charge in [-0.05, 0) is 36.5 Å². The Balaban J connectivity index is 2.49. The number of carbonyl (C=O) groups is 1. The molecule has 0 fully saturated rings. The number of aromatic nitrogens is 2. The van der Waals surface area contributed by atoms with Crippen LogP contribution in [0.1, 0.15) is 26.3 Å². The second-order valence-electron chi connectivity index (χ2n) is 6.09. The summed E-state index contributed by atoms with van der Waals surface area (Å²) in [7, 11) is 0. The fourth-order valence-electron chi connectivity index (χ4n) is 2.49. The van der Waals surface area contributed by atoms with Crippen molar-refractivity contribution < 1.29 is 4.79 Å². The Bertz CT molecular complexity index is 826. The highest BCUT2D eigenvalue weighted by atomic mass is 32.2. The molecule has 0 saturated carbocycles. The van der Waals surface area contributed by atoms with E-state index in [9.17, 15) is 14.4 Å². The van der Waals surface area contributed by atoms with Crippen LogP contribution in [-0.4, -0.2) is 34.0 Å². The number of para-hydroxylation sites is 1. The first-order chi connectivity index (χ1) is 11.5. The quantitative estimate of drug-likeness (QED) is 0.798. The molecule has 24 heavy (non-hydrogen) atoms. The molecule has 0 unspecified atom stereocenters. The number of fused-ring (bicyclic) bond motifs is 1. The third kappa shape index (κ3) is 4.08. The molecule has 2 aromatic rings. The number of thioether (sulfide) groups is 1. The van der Waals surface area contributed by atoms with E-state index in [0.29, 0.717) is 35.5 Å². The number of carbonyl (C=O) groups excluding carboxylic acids is 1. The summed E-state index contributed by atoms with van der Waals surface area (Å²) in [6.07, 6.45) is 2.35. The van der Waals surface area contributed by atoms with Crippen molar-refractivity contribution in [2.24, 2.45) is 5.92 Å². The summed E-state index contributed by atoms with van der Waals surface area (Å²) < 4.78 is 1.05. The summed E-state index contributed by atoms with van der Waals surface area (Å²) in [6.45, 7) is 4.49. The van der Waals surface area contributed by atoms with Gasteiger partial charge in [0.2, 0.25) is 5.91 Å². The van der Waals surface area contributed by atoms with Crippen LogP contribution in [0, 0.1) is 5.92 Å². The van der Waals surface area contributed by atoms with Crippen LogP contribution in [0.2, 0.25) is 0 Å². The summed E-state index contributed by atoms with van der Waals surface area (Å²) in [5.74, 6) is 0.681. The van der Waals surface area contributed by atoms with Gasteiger partial charge in [-0.1, -0.05) is 26.0 Å². The van der Waals surface area contributed by atoms with E-state index < -0.39 is 17.3 Å². The second kappa shape index (κ2) is 8.19. The van der Waals surface area contributed by atoms with E-state index >= 15 is 0 Å². The molecule has 0 aliphatic carbocycles. The van der Waals surface area contributed by atoms with Gasteiger partial charge in [-0.3, -0.25) is 9.59 Å². The van der Waals surface area contributed by atoms with Crippen molar-refractivity contribution in [2.75, 3.05) is 18.6 Å². The Hall–Kier alpha value is -2.02. The van der Waals surface area contributed by atoms with Gasteiger partial charge < -0.3 is 10.3 Å². The van der Waals surface area contributed by atoms with E-state index in [1.807, 2.05) is 20.1 Å². The molecule has 0 aliphatic rings. The Morgan fingerprint density at radius 2 is 2.00 bits per heavy atom. The van der Waals surface area contributed by atoms with Gasteiger partial charge in [0.05, 0.1) is 10.9 Å². The molecule has 2 N–H and O–H groups in total. The van der Waals surface area contributed by atoms with Gasteiger partial charge in [0.15, 0.2) is 0 Å². The highest BCUT2D eigenvalue weighted by Crippen LogP contribution is 2.13. The maximum Gasteiger partial charge on any atom is 0.329 e. The number of nitrogens with zero attached hydrogens (tertiary/aromatic N) is 1. The van der Waals surface area contributed by atoms with Gasteiger partial charge in [-0.2, -0.15) is 11.8 Å².